The first-order chi connectivity index (χ1) is 7.78. The van der Waals surface area contributed by atoms with E-state index in [4.69, 9.17) is 0 Å². The summed E-state index contributed by atoms with van der Waals surface area (Å²) in [5.74, 6) is 0.926. The molecule has 2 heteroatoms. The normalized spacial score (nSPS) is 18.9. The lowest BCUT2D eigenvalue weighted by molar-refractivity contribution is 0.185. The van der Waals surface area contributed by atoms with Crippen LogP contribution in [0.5, 0.6) is 0 Å². The van der Waals surface area contributed by atoms with E-state index < -0.39 is 0 Å². The number of benzene rings is 1. The van der Waals surface area contributed by atoms with Crippen LogP contribution in [0.1, 0.15) is 25.3 Å². The van der Waals surface area contributed by atoms with Crippen LogP contribution in [0.2, 0.25) is 0 Å². The molecule has 0 bridgehead atoms. The molecule has 1 heterocycles. The molecule has 16 heavy (non-hydrogen) atoms. The Labute approximate surface area is 103 Å². The molecule has 2 rings (SSSR count). The topological polar surface area (TPSA) is 3.24 Å². The molecule has 0 spiro atoms. The standard InChI is InChI=1S/C14H21NS/c1-12-7-9-15(10-8-12)11-13-3-5-14(16-2)6-4-13/h3-6,12H,7-11H2,1-2H3. The van der Waals surface area contributed by atoms with Crippen molar-refractivity contribution in [3.8, 4) is 0 Å². The Kier molecular flexibility index (Phi) is 4.30. The van der Waals surface area contributed by atoms with Gasteiger partial charge in [-0.1, -0.05) is 19.1 Å². The van der Waals surface area contributed by atoms with Crippen molar-refractivity contribution in [1.29, 1.82) is 0 Å². The predicted octanol–water partition coefficient (Wildman–Crippen LogP) is 3.64. The van der Waals surface area contributed by atoms with Gasteiger partial charge in [0.1, 0.15) is 0 Å². The number of likely N-dealkylation sites (tertiary alicyclic amines) is 1. The largest absolute Gasteiger partial charge is 0.299 e. The monoisotopic (exact) mass is 235 g/mol. The van der Waals surface area contributed by atoms with Gasteiger partial charge in [0.2, 0.25) is 0 Å². The van der Waals surface area contributed by atoms with Gasteiger partial charge in [-0.3, -0.25) is 4.90 Å². The number of piperidine rings is 1. The first-order valence-corrected chi connectivity index (χ1v) is 7.35. The van der Waals surface area contributed by atoms with Crippen LogP contribution < -0.4 is 0 Å². The summed E-state index contributed by atoms with van der Waals surface area (Å²) in [4.78, 5) is 3.93. The van der Waals surface area contributed by atoms with Crippen LogP contribution in [0.25, 0.3) is 0 Å². The van der Waals surface area contributed by atoms with Gasteiger partial charge in [0, 0.05) is 11.4 Å². The Hall–Kier alpha value is -0.470. The summed E-state index contributed by atoms with van der Waals surface area (Å²) in [6.07, 6.45) is 4.85. The highest BCUT2D eigenvalue weighted by Gasteiger charge is 2.15. The molecule has 0 aromatic heterocycles. The maximum Gasteiger partial charge on any atom is 0.0233 e. The lowest BCUT2D eigenvalue weighted by Crippen LogP contribution is -2.32. The number of rotatable bonds is 3. The Morgan fingerprint density at radius 1 is 1.19 bits per heavy atom. The minimum Gasteiger partial charge on any atom is -0.299 e. The fraction of sp³-hybridized carbons (Fsp3) is 0.571. The van der Waals surface area contributed by atoms with E-state index in [1.165, 1.54) is 36.4 Å². The minimum absolute atomic E-state index is 0.926. The van der Waals surface area contributed by atoms with Crippen LogP contribution in [0, 0.1) is 5.92 Å². The number of thioether (sulfide) groups is 1. The molecule has 0 atom stereocenters. The lowest BCUT2D eigenvalue weighted by Gasteiger charge is -2.30. The van der Waals surface area contributed by atoms with Gasteiger partial charge in [-0.15, -0.1) is 11.8 Å². The van der Waals surface area contributed by atoms with Crippen molar-refractivity contribution < 1.29 is 0 Å². The van der Waals surface area contributed by atoms with Gasteiger partial charge in [0.05, 0.1) is 0 Å². The van der Waals surface area contributed by atoms with Crippen LogP contribution in [0.3, 0.4) is 0 Å². The summed E-state index contributed by atoms with van der Waals surface area (Å²) in [6, 6.07) is 8.99. The summed E-state index contributed by atoms with van der Waals surface area (Å²) >= 11 is 1.81. The first-order valence-electron chi connectivity index (χ1n) is 6.13. The van der Waals surface area contributed by atoms with E-state index in [0.29, 0.717) is 0 Å². The molecule has 1 nitrogen and oxygen atoms in total. The van der Waals surface area contributed by atoms with Gasteiger partial charge < -0.3 is 0 Å². The minimum atomic E-state index is 0.926. The third-order valence-electron chi connectivity index (χ3n) is 3.44. The average molecular weight is 235 g/mol. The van der Waals surface area contributed by atoms with Crippen molar-refractivity contribution >= 4 is 11.8 Å². The lowest BCUT2D eigenvalue weighted by atomic mass is 9.99. The molecule has 0 aliphatic carbocycles. The molecule has 1 aromatic rings. The molecule has 0 radical (unpaired) electrons. The molecule has 1 aromatic carbocycles. The first kappa shape index (κ1) is 12.0. The molecule has 0 saturated carbocycles. The van der Waals surface area contributed by atoms with Crippen molar-refractivity contribution in [2.24, 2.45) is 5.92 Å². The second-order valence-corrected chi connectivity index (χ2v) is 5.69. The zero-order chi connectivity index (χ0) is 11.4. The number of hydrogen-bond acceptors (Lipinski definition) is 2. The molecule has 1 fully saturated rings. The van der Waals surface area contributed by atoms with E-state index in [2.05, 4.69) is 42.3 Å². The van der Waals surface area contributed by atoms with E-state index in [1.54, 1.807) is 0 Å². The third-order valence-corrected chi connectivity index (χ3v) is 4.19. The summed E-state index contributed by atoms with van der Waals surface area (Å²) in [5.41, 5.74) is 1.45. The van der Waals surface area contributed by atoms with Crippen LogP contribution in [0.15, 0.2) is 29.2 Å². The second kappa shape index (κ2) is 5.74. The quantitative estimate of drug-likeness (QED) is 0.736. The molecular weight excluding hydrogens is 214 g/mol. The summed E-state index contributed by atoms with van der Waals surface area (Å²) < 4.78 is 0. The van der Waals surface area contributed by atoms with Crippen LogP contribution in [-0.4, -0.2) is 24.2 Å². The molecule has 0 N–H and O–H groups in total. The Bertz CT molecular complexity index is 312. The zero-order valence-corrected chi connectivity index (χ0v) is 11.1. The van der Waals surface area contributed by atoms with Gasteiger partial charge in [-0.2, -0.15) is 0 Å². The van der Waals surface area contributed by atoms with Crippen LogP contribution in [0.4, 0.5) is 0 Å². The third kappa shape index (κ3) is 3.26. The van der Waals surface area contributed by atoms with E-state index in [0.717, 1.165) is 12.5 Å². The van der Waals surface area contributed by atoms with E-state index in [-0.39, 0.29) is 0 Å². The highest BCUT2D eigenvalue weighted by Crippen LogP contribution is 2.19. The van der Waals surface area contributed by atoms with Crippen molar-refractivity contribution in [3.63, 3.8) is 0 Å². The van der Waals surface area contributed by atoms with Crippen LogP contribution in [-0.2, 0) is 6.54 Å². The van der Waals surface area contributed by atoms with E-state index in [1.807, 2.05) is 11.8 Å². The molecule has 0 unspecified atom stereocenters. The molecule has 1 saturated heterocycles. The Morgan fingerprint density at radius 3 is 2.38 bits per heavy atom. The highest BCUT2D eigenvalue weighted by atomic mass is 32.2. The second-order valence-electron chi connectivity index (χ2n) is 4.81. The summed E-state index contributed by atoms with van der Waals surface area (Å²) in [7, 11) is 0. The van der Waals surface area contributed by atoms with Crippen molar-refractivity contribution in [1.82, 2.24) is 4.90 Å². The van der Waals surface area contributed by atoms with Crippen molar-refractivity contribution in [3.05, 3.63) is 29.8 Å². The van der Waals surface area contributed by atoms with Gasteiger partial charge >= 0.3 is 0 Å². The fourth-order valence-electron chi connectivity index (χ4n) is 2.21. The van der Waals surface area contributed by atoms with Crippen molar-refractivity contribution in [2.75, 3.05) is 19.3 Å². The highest BCUT2D eigenvalue weighted by molar-refractivity contribution is 7.98. The fourth-order valence-corrected chi connectivity index (χ4v) is 2.62. The van der Waals surface area contributed by atoms with E-state index in [9.17, 15) is 0 Å². The summed E-state index contributed by atoms with van der Waals surface area (Å²) in [5, 5.41) is 0. The molecule has 88 valence electrons. The van der Waals surface area contributed by atoms with E-state index >= 15 is 0 Å². The molecule has 1 aliphatic heterocycles. The van der Waals surface area contributed by atoms with Gasteiger partial charge in [-0.25, -0.2) is 0 Å². The number of hydrogen-bond donors (Lipinski definition) is 0. The number of nitrogens with zero attached hydrogens (tertiary/aromatic N) is 1. The molecular formula is C14H21NS. The summed E-state index contributed by atoms with van der Waals surface area (Å²) in [6.45, 7) is 6.03. The Balaban J connectivity index is 1.88. The van der Waals surface area contributed by atoms with Gasteiger partial charge in [0.15, 0.2) is 0 Å². The average Bonchev–Trinajstić information content (AvgIpc) is 2.33. The zero-order valence-electron chi connectivity index (χ0n) is 10.3. The molecule has 0 amide bonds. The van der Waals surface area contributed by atoms with Crippen molar-refractivity contribution in [2.45, 2.75) is 31.2 Å². The Morgan fingerprint density at radius 2 is 1.81 bits per heavy atom. The van der Waals surface area contributed by atoms with Gasteiger partial charge in [0.25, 0.3) is 0 Å². The SMILES string of the molecule is CSc1ccc(CN2CCC(C)CC2)cc1. The maximum absolute atomic E-state index is 2.58. The van der Waals surface area contributed by atoms with Crippen LogP contribution >= 0.6 is 11.8 Å². The smallest absolute Gasteiger partial charge is 0.0233 e. The predicted molar refractivity (Wildman–Crippen MR) is 71.9 cm³/mol. The molecule has 1 aliphatic rings. The maximum atomic E-state index is 2.58. The van der Waals surface area contributed by atoms with Gasteiger partial charge in [-0.05, 0) is 55.8 Å².